The molecule has 3 saturated heterocycles. The van der Waals surface area contributed by atoms with Gasteiger partial charge in [0.1, 0.15) is 0 Å². The van der Waals surface area contributed by atoms with Crippen LogP contribution in [-0.2, 0) is 0 Å². The maximum Gasteiger partial charge on any atom is 0.714 e. The average molecular weight is 652 g/mol. The highest BCUT2D eigenvalue weighted by molar-refractivity contribution is 7.56. The lowest BCUT2D eigenvalue weighted by Crippen LogP contribution is -2.16. The molecule has 9 rings (SSSR count). The number of fused-ring (bicyclic) bond motifs is 3. The van der Waals surface area contributed by atoms with E-state index in [4.69, 9.17) is 13.6 Å². The van der Waals surface area contributed by atoms with E-state index < -0.39 is 8.17 Å². The summed E-state index contributed by atoms with van der Waals surface area (Å²) in [7, 11) is -4.12. The Hall–Kier alpha value is -4.05. The molecule has 7 N–H and O–H groups in total. The molecule has 6 heterocycles. The molecule has 0 saturated carbocycles. The summed E-state index contributed by atoms with van der Waals surface area (Å²) in [6, 6.07) is 17.6. The maximum absolute atomic E-state index is 12.7. The number of benzene rings is 3. The fourth-order valence-corrected chi connectivity index (χ4v) is 9.23. The van der Waals surface area contributed by atoms with Crippen molar-refractivity contribution >= 4 is 40.9 Å². The van der Waals surface area contributed by atoms with Crippen LogP contribution in [-0.4, -0.2) is 59.1 Å². The zero-order chi connectivity index (χ0) is 31.4. The predicted molar refractivity (Wildman–Crippen MR) is 187 cm³/mol. The van der Waals surface area contributed by atoms with Crippen LogP contribution in [0.25, 0.3) is 32.7 Å². The number of rotatable bonds is 9. The van der Waals surface area contributed by atoms with E-state index in [1.807, 2.05) is 54.6 Å². The molecule has 3 fully saturated rings. The van der Waals surface area contributed by atoms with E-state index >= 15 is 0 Å². The van der Waals surface area contributed by atoms with Gasteiger partial charge in [-0.15, -0.1) is 4.89 Å². The van der Waals surface area contributed by atoms with E-state index in [9.17, 15) is 4.89 Å². The number of hydrogen-bond acceptors (Lipinski definition) is 7. The zero-order valence-corrected chi connectivity index (χ0v) is 27.0. The molecule has 6 aromatic rings. The molecule has 3 unspecified atom stereocenters. The monoisotopic (exact) mass is 651 g/mol. The Morgan fingerprint density at radius 2 is 0.851 bits per heavy atom. The van der Waals surface area contributed by atoms with Crippen LogP contribution in [0.3, 0.4) is 0 Å². The number of hydrogen-bond donors (Lipinski definition) is 7. The first kappa shape index (κ1) is 29.1. The standard InChI is InChI=1S/C36H40N6O4P/c43-47(44-31-7-1-4-28-34(31)25(19-40-28)22-10-13-37-16-22,45-32-8-2-5-29-35(32)26(20-41-29)23-11-14-38-17-23)46-33-9-3-6-30-36(33)27(21-42-30)24-12-15-39-18-24/h1-9,19-24,37-43H,10-18H2/q+1. The van der Waals surface area contributed by atoms with Crippen LogP contribution < -0.4 is 29.5 Å². The van der Waals surface area contributed by atoms with Crippen molar-refractivity contribution in [2.75, 3.05) is 39.3 Å². The lowest BCUT2D eigenvalue weighted by molar-refractivity contribution is 0.258. The molecule has 10 nitrogen and oxygen atoms in total. The van der Waals surface area contributed by atoms with E-state index in [0.29, 0.717) is 35.0 Å². The normalized spacial score (nSPS) is 22.8. The van der Waals surface area contributed by atoms with Gasteiger partial charge in [0.15, 0.2) is 17.2 Å². The zero-order valence-electron chi connectivity index (χ0n) is 26.1. The summed E-state index contributed by atoms with van der Waals surface area (Å²) in [6.45, 7) is 5.62. The SMILES string of the molecule is O[P+](Oc1cccc2[nH]cc(C3CCNC3)c12)(Oc1cccc2[nH]cc(C3CCNC3)c12)Oc1cccc2[nH]cc(C3CCNC3)c12. The first-order valence-corrected chi connectivity index (χ1v) is 18.3. The van der Waals surface area contributed by atoms with Gasteiger partial charge >= 0.3 is 8.17 Å². The van der Waals surface area contributed by atoms with Crippen LogP contribution in [0.1, 0.15) is 53.7 Å². The van der Waals surface area contributed by atoms with Gasteiger partial charge in [0.2, 0.25) is 0 Å². The number of H-pyrrole nitrogens is 3. The largest absolute Gasteiger partial charge is 0.714 e. The average Bonchev–Trinajstić information content (AvgIpc) is 3.92. The van der Waals surface area contributed by atoms with E-state index in [0.717, 1.165) is 91.2 Å². The lowest BCUT2D eigenvalue weighted by Gasteiger charge is -2.19. The lowest BCUT2D eigenvalue weighted by atomic mass is 9.97. The molecule has 3 aromatic carbocycles. The van der Waals surface area contributed by atoms with Gasteiger partial charge in [-0.3, -0.25) is 0 Å². The molecule has 0 aliphatic carbocycles. The van der Waals surface area contributed by atoms with Crippen LogP contribution >= 0.6 is 8.17 Å². The van der Waals surface area contributed by atoms with Gasteiger partial charge in [0.05, 0.1) is 16.2 Å². The van der Waals surface area contributed by atoms with Crippen molar-refractivity contribution in [2.24, 2.45) is 0 Å². The number of aromatic amines is 3. The highest BCUT2D eigenvalue weighted by Gasteiger charge is 2.52. The van der Waals surface area contributed by atoms with Crippen LogP contribution in [0.4, 0.5) is 0 Å². The molecule has 11 heteroatoms. The van der Waals surface area contributed by atoms with Gasteiger partial charge in [-0.2, -0.15) is 0 Å². The van der Waals surface area contributed by atoms with Crippen molar-refractivity contribution in [3.8, 4) is 17.2 Å². The van der Waals surface area contributed by atoms with Crippen molar-refractivity contribution < 1.29 is 18.5 Å². The molecule has 0 radical (unpaired) electrons. The summed E-state index contributed by atoms with van der Waals surface area (Å²) in [6.07, 6.45) is 9.32. The molecule has 3 aromatic heterocycles. The first-order chi connectivity index (χ1) is 23.1. The van der Waals surface area contributed by atoms with Crippen LogP contribution in [0.15, 0.2) is 73.2 Å². The van der Waals surface area contributed by atoms with E-state index in [1.54, 1.807) is 0 Å². The molecule has 0 amide bonds. The first-order valence-electron chi connectivity index (χ1n) is 16.8. The summed E-state index contributed by atoms with van der Waals surface area (Å²) in [5.41, 5.74) is 6.34. The fourth-order valence-electron chi connectivity index (χ4n) is 7.91. The molecule has 0 spiro atoms. The third-order valence-corrected chi connectivity index (χ3v) is 11.5. The van der Waals surface area contributed by atoms with E-state index in [2.05, 4.69) is 49.5 Å². The van der Waals surface area contributed by atoms with Crippen LogP contribution in [0.2, 0.25) is 0 Å². The Kier molecular flexibility index (Phi) is 7.36. The fraction of sp³-hybridized carbons (Fsp3) is 0.333. The topological polar surface area (TPSA) is 131 Å². The molecule has 47 heavy (non-hydrogen) atoms. The molecule has 0 bridgehead atoms. The number of aromatic nitrogens is 3. The third-order valence-electron chi connectivity index (χ3n) is 10.2. The van der Waals surface area contributed by atoms with Gasteiger partial charge in [-0.1, -0.05) is 18.2 Å². The quantitative estimate of drug-likeness (QED) is 0.0881. The molecular weight excluding hydrogens is 611 g/mol. The molecule has 3 aliphatic rings. The Bertz CT molecular complexity index is 1820. The second kappa shape index (κ2) is 11.9. The minimum Gasteiger partial charge on any atom is -0.361 e. The van der Waals surface area contributed by atoms with Crippen molar-refractivity contribution in [2.45, 2.75) is 37.0 Å². The summed E-state index contributed by atoms with van der Waals surface area (Å²) in [5, 5.41) is 13.3. The second-order valence-corrected chi connectivity index (χ2v) is 14.6. The van der Waals surface area contributed by atoms with E-state index in [1.165, 1.54) is 16.7 Å². The Morgan fingerprint density at radius 1 is 0.511 bits per heavy atom. The Morgan fingerprint density at radius 3 is 1.15 bits per heavy atom. The van der Waals surface area contributed by atoms with Crippen molar-refractivity contribution in [1.82, 2.24) is 30.9 Å². The molecule has 3 atom stereocenters. The van der Waals surface area contributed by atoms with E-state index in [-0.39, 0.29) is 0 Å². The Labute approximate surface area is 273 Å². The molecule has 242 valence electrons. The minimum absolute atomic E-state index is 0.342. The molecular formula is C36H40N6O4P+. The van der Waals surface area contributed by atoms with Gasteiger partial charge in [-0.05, 0) is 110 Å². The van der Waals surface area contributed by atoms with Gasteiger partial charge in [-0.25, -0.2) is 13.6 Å². The second-order valence-electron chi connectivity index (χ2n) is 13.1. The van der Waals surface area contributed by atoms with Crippen molar-refractivity contribution in [1.29, 1.82) is 0 Å². The third kappa shape index (κ3) is 5.25. The maximum atomic E-state index is 12.7. The van der Waals surface area contributed by atoms with Crippen LogP contribution in [0, 0.1) is 0 Å². The summed E-state index contributed by atoms with van der Waals surface area (Å²) < 4.78 is 20.1. The summed E-state index contributed by atoms with van der Waals surface area (Å²) in [4.78, 5) is 23.0. The van der Waals surface area contributed by atoms with Crippen LogP contribution in [0.5, 0.6) is 17.2 Å². The Balaban J connectivity index is 1.17. The van der Waals surface area contributed by atoms with Gasteiger partial charge in [0, 0.05) is 54.8 Å². The smallest absolute Gasteiger partial charge is 0.361 e. The number of nitrogens with one attached hydrogen (secondary N) is 6. The highest BCUT2D eigenvalue weighted by atomic mass is 31.2. The highest BCUT2D eigenvalue weighted by Crippen LogP contribution is 2.60. The summed E-state index contributed by atoms with van der Waals surface area (Å²) >= 11 is 0. The van der Waals surface area contributed by atoms with Gasteiger partial charge in [0.25, 0.3) is 0 Å². The van der Waals surface area contributed by atoms with Crippen molar-refractivity contribution in [3.63, 3.8) is 0 Å². The van der Waals surface area contributed by atoms with Crippen molar-refractivity contribution in [3.05, 3.63) is 89.9 Å². The minimum atomic E-state index is -4.12. The molecule has 3 aliphatic heterocycles. The van der Waals surface area contributed by atoms with Gasteiger partial charge < -0.3 is 30.9 Å². The summed E-state index contributed by atoms with van der Waals surface area (Å²) in [5.74, 6) is 2.62. The predicted octanol–water partition coefficient (Wildman–Crippen LogP) is 6.57.